The largest absolute Gasteiger partial charge is 0.370 e. The number of rotatable bonds is 5. The summed E-state index contributed by atoms with van der Waals surface area (Å²) in [6, 6.07) is 11.5. The van der Waals surface area contributed by atoms with Crippen LogP contribution in [-0.4, -0.2) is 18.5 Å². The number of benzene rings is 1. The number of guanidine groups is 1. The second kappa shape index (κ2) is 8.63. The number of hydrogen-bond donors (Lipinski definition) is 2. The maximum absolute atomic E-state index is 13.7. The van der Waals surface area contributed by atoms with E-state index in [1.165, 1.54) is 10.9 Å². The molecule has 0 aliphatic heterocycles. The number of halogens is 2. The SMILES string of the molecule is I.NC(=NCCc1cccs1)NC1CC(c2ccccc2F)C1. The van der Waals surface area contributed by atoms with Gasteiger partial charge in [-0.25, -0.2) is 4.39 Å². The average Bonchev–Trinajstić information content (AvgIpc) is 2.97. The lowest BCUT2D eigenvalue weighted by molar-refractivity contribution is 0.316. The highest BCUT2D eigenvalue weighted by atomic mass is 127. The van der Waals surface area contributed by atoms with Gasteiger partial charge in [-0.05, 0) is 41.8 Å². The quantitative estimate of drug-likeness (QED) is 0.417. The van der Waals surface area contributed by atoms with Crippen LogP contribution in [0.15, 0.2) is 46.8 Å². The van der Waals surface area contributed by atoms with Gasteiger partial charge in [-0.15, -0.1) is 35.3 Å². The molecule has 1 aliphatic carbocycles. The van der Waals surface area contributed by atoms with Gasteiger partial charge >= 0.3 is 0 Å². The molecular weight excluding hydrogens is 424 g/mol. The highest BCUT2D eigenvalue weighted by Crippen LogP contribution is 2.37. The van der Waals surface area contributed by atoms with Crippen molar-refractivity contribution in [2.24, 2.45) is 10.7 Å². The predicted molar refractivity (Wildman–Crippen MR) is 105 cm³/mol. The molecule has 1 heterocycles. The molecule has 1 saturated carbocycles. The maximum atomic E-state index is 13.7. The predicted octanol–water partition coefficient (Wildman–Crippen LogP) is 3.90. The van der Waals surface area contributed by atoms with Crippen molar-refractivity contribution < 1.29 is 4.39 Å². The summed E-state index contributed by atoms with van der Waals surface area (Å²) < 4.78 is 13.7. The van der Waals surface area contributed by atoms with Crippen LogP contribution in [-0.2, 0) is 6.42 Å². The first-order valence-electron chi connectivity index (χ1n) is 7.55. The molecular formula is C17H21FIN3S. The van der Waals surface area contributed by atoms with Crippen LogP contribution >= 0.6 is 35.3 Å². The molecule has 1 aromatic carbocycles. The summed E-state index contributed by atoms with van der Waals surface area (Å²) >= 11 is 1.74. The Balaban J connectivity index is 0.00000192. The zero-order chi connectivity index (χ0) is 15.4. The van der Waals surface area contributed by atoms with E-state index in [0.717, 1.165) is 24.8 Å². The molecule has 1 aromatic heterocycles. The number of nitrogens with two attached hydrogens (primary N) is 1. The summed E-state index contributed by atoms with van der Waals surface area (Å²) in [6.07, 6.45) is 2.73. The van der Waals surface area contributed by atoms with E-state index in [4.69, 9.17) is 5.73 Å². The Hall–Kier alpha value is -1.15. The molecule has 124 valence electrons. The zero-order valence-corrected chi connectivity index (χ0v) is 15.9. The van der Waals surface area contributed by atoms with Gasteiger partial charge in [0, 0.05) is 23.9 Å². The Morgan fingerprint density at radius 2 is 2.04 bits per heavy atom. The van der Waals surface area contributed by atoms with Gasteiger partial charge in [0.1, 0.15) is 5.82 Å². The van der Waals surface area contributed by atoms with E-state index in [1.807, 2.05) is 18.2 Å². The lowest BCUT2D eigenvalue weighted by Gasteiger charge is -2.36. The van der Waals surface area contributed by atoms with Gasteiger partial charge in [-0.1, -0.05) is 24.3 Å². The number of nitrogens with one attached hydrogen (secondary N) is 1. The molecule has 1 aliphatic rings. The molecule has 0 radical (unpaired) electrons. The standard InChI is InChI=1S/C17H20FN3S.HI/c18-16-6-2-1-5-15(16)12-10-13(11-12)21-17(19)20-8-7-14-4-3-9-22-14;/h1-6,9,12-13H,7-8,10-11H2,(H3,19,20,21);1H. The Morgan fingerprint density at radius 1 is 1.26 bits per heavy atom. The summed E-state index contributed by atoms with van der Waals surface area (Å²) in [5, 5.41) is 5.29. The van der Waals surface area contributed by atoms with Crippen LogP contribution in [0.3, 0.4) is 0 Å². The molecule has 0 bridgehead atoms. The molecule has 0 unspecified atom stereocenters. The third kappa shape index (κ3) is 4.91. The normalized spacial score (nSPS) is 20.5. The van der Waals surface area contributed by atoms with E-state index in [0.29, 0.717) is 18.5 Å². The summed E-state index contributed by atoms with van der Waals surface area (Å²) in [7, 11) is 0. The van der Waals surface area contributed by atoms with Gasteiger partial charge < -0.3 is 11.1 Å². The van der Waals surface area contributed by atoms with Crippen LogP contribution in [0.1, 0.15) is 29.2 Å². The lowest BCUT2D eigenvalue weighted by Crippen LogP contribution is -2.46. The van der Waals surface area contributed by atoms with Crippen LogP contribution in [0.2, 0.25) is 0 Å². The Morgan fingerprint density at radius 3 is 2.74 bits per heavy atom. The molecule has 3 nitrogen and oxygen atoms in total. The molecule has 2 aromatic rings. The molecule has 0 spiro atoms. The van der Waals surface area contributed by atoms with Gasteiger partial charge in [0.05, 0.1) is 0 Å². The minimum atomic E-state index is -0.108. The molecule has 23 heavy (non-hydrogen) atoms. The van der Waals surface area contributed by atoms with Crippen molar-refractivity contribution in [1.29, 1.82) is 0 Å². The van der Waals surface area contributed by atoms with Gasteiger partial charge in [0.2, 0.25) is 0 Å². The van der Waals surface area contributed by atoms with Crippen LogP contribution in [0, 0.1) is 5.82 Å². The van der Waals surface area contributed by atoms with Gasteiger partial charge in [-0.2, -0.15) is 0 Å². The first kappa shape index (κ1) is 18.2. The number of thiophene rings is 1. The highest BCUT2D eigenvalue weighted by molar-refractivity contribution is 14.0. The highest BCUT2D eigenvalue weighted by Gasteiger charge is 2.32. The zero-order valence-electron chi connectivity index (χ0n) is 12.7. The summed E-state index contributed by atoms with van der Waals surface area (Å²) in [5.41, 5.74) is 6.72. The first-order valence-corrected chi connectivity index (χ1v) is 8.43. The second-order valence-electron chi connectivity index (χ2n) is 5.63. The Kier molecular flexibility index (Phi) is 6.83. The molecule has 6 heteroatoms. The van der Waals surface area contributed by atoms with Gasteiger partial charge in [0.15, 0.2) is 5.96 Å². The Labute approximate surface area is 157 Å². The van der Waals surface area contributed by atoms with E-state index in [1.54, 1.807) is 17.4 Å². The van der Waals surface area contributed by atoms with Crippen molar-refractivity contribution in [1.82, 2.24) is 5.32 Å². The van der Waals surface area contributed by atoms with Crippen molar-refractivity contribution in [3.63, 3.8) is 0 Å². The van der Waals surface area contributed by atoms with Crippen LogP contribution in [0.5, 0.6) is 0 Å². The fraction of sp³-hybridized carbons (Fsp3) is 0.353. The number of nitrogens with zero attached hydrogens (tertiary/aromatic N) is 1. The van der Waals surface area contributed by atoms with Crippen molar-refractivity contribution in [3.05, 3.63) is 58.0 Å². The third-order valence-electron chi connectivity index (χ3n) is 4.06. The van der Waals surface area contributed by atoms with Crippen LogP contribution in [0.25, 0.3) is 0 Å². The van der Waals surface area contributed by atoms with Crippen molar-refractivity contribution in [2.45, 2.75) is 31.2 Å². The molecule has 3 N–H and O–H groups in total. The number of aliphatic imine (C=N–C) groups is 1. The smallest absolute Gasteiger partial charge is 0.188 e. The Bertz CT molecular complexity index is 639. The minimum Gasteiger partial charge on any atom is -0.370 e. The third-order valence-corrected chi connectivity index (χ3v) is 4.99. The number of hydrogen-bond acceptors (Lipinski definition) is 2. The second-order valence-corrected chi connectivity index (χ2v) is 6.66. The molecule has 1 fully saturated rings. The monoisotopic (exact) mass is 445 g/mol. The van der Waals surface area contributed by atoms with Crippen LogP contribution in [0.4, 0.5) is 4.39 Å². The van der Waals surface area contributed by atoms with Crippen molar-refractivity contribution >= 4 is 41.3 Å². The molecule has 0 saturated heterocycles. The fourth-order valence-electron chi connectivity index (χ4n) is 2.79. The van der Waals surface area contributed by atoms with E-state index in [2.05, 4.69) is 21.8 Å². The van der Waals surface area contributed by atoms with Gasteiger partial charge in [0.25, 0.3) is 0 Å². The molecule has 3 rings (SSSR count). The summed E-state index contributed by atoms with van der Waals surface area (Å²) in [5.74, 6) is 0.676. The van der Waals surface area contributed by atoms with E-state index in [9.17, 15) is 4.39 Å². The summed E-state index contributed by atoms with van der Waals surface area (Å²) in [6.45, 7) is 0.697. The van der Waals surface area contributed by atoms with Crippen LogP contribution < -0.4 is 11.1 Å². The fourth-order valence-corrected chi connectivity index (χ4v) is 3.49. The average molecular weight is 445 g/mol. The molecule has 0 atom stereocenters. The van der Waals surface area contributed by atoms with Gasteiger partial charge in [-0.3, -0.25) is 4.99 Å². The van der Waals surface area contributed by atoms with E-state index < -0.39 is 0 Å². The van der Waals surface area contributed by atoms with Crippen molar-refractivity contribution in [3.8, 4) is 0 Å². The maximum Gasteiger partial charge on any atom is 0.188 e. The first-order chi connectivity index (χ1) is 10.7. The van der Waals surface area contributed by atoms with Crippen molar-refractivity contribution in [2.75, 3.05) is 6.54 Å². The molecule has 0 amide bonds. The van der Waals surface area contributed by atoms with E-state index in [-0.39, 0.29) is 35.7 Å². The minimum absolute atomic E-state index is 0. The lowest BCUT2D eigenvalue weighted by atomic mass is 9.76. The summed E-state index contributed by atoms with van der Waals surface area (Å²) in [4.78, 5) is 5.67. The van der Waals surface area contributed by atoms with E-state index >= 15 is 0 Å². The topological polar surface area (TPSA) is 50.4 Å².